The topological polar surface area (TPSA) is 62.2 Å². The average molecular weight is 237 g/mol. The lowest BCUT2D eigenvalue weighted by Gasteiger charge is -2.27. The quantitative estimate of drug-likeness (QED) is 0.714. The van der Waals surface area contributed by atoms with Crippen molar-refractivity contribution in [3.8, 4) is 5.75 Å². The Morgan fingerprint density at radius 1 is 1.24 bits per heavy atom. The minimum atomic E-state index is -1.78. The van der Waals surface area contributed by atoms with E-state index in [1.165, 1.54) is 0 Å². The van der Waals surface area contributed by atoms with E-state index in [2.05, 4.69) is 4.90 Å². The second-order valence-electron chi connectivity index (χ2n) is 3.94. The predicted molar refractivity (Wildman–Crippen MR) is 63.4 cm³/mol. The predicted octanol–water partition coefficient (Wildman–Crippen LogP) is -0.133. The van der Waals surface area contributed by atoms with Crippen LogP contribution in [-0.4, -0.2) is 48.6 Å². The molecule has 1 heterocycles. The third-order valence-electron chi connectivity index (χ3n) is 2.70. The maximum absolute atomic E-state index is 8.84. The molecule has 1 aliphatic heterocycles. The molecule has 6 heteroatoms. The van der Waals surface area contributed by atoms with E-state index >= 15 is 0 Å². The smallest absolute Gasteiger partial charge is 0.512 e. The number of morpholine rings is 1. The van der Waals surface area contributed by atoms with Gasteiger partial charge in [-0.1, -0.05) is 18.2 Å². The van der Waals surface area contributed by atoms with Gasteiger partial charge in [0, 0.05) is 25.2 Å². The Morgan fingerprint density at radius 3 is 2.65 bits per heavy atom. The van der Waals surface area contributed by atoms with E-state index in [-0.39, 0.29) is 0 Å². The first kappa shape index (κ1) is 12.4. The summed E-state index contributed by atoms with van der Waals surface area (Å²) >= 11 is 0. The van der Waals surface area contributed by atoms with Gasteiger partial charge in [0.05, 0.1) is 13.2 Å². The van der Waals surface area contributed by atoms with Crippen molar-refractivity contribution < 1.29 is 19.4 Å². The molecule has 0 spiro atoms. The fourth-order valence-electron chi connectivity index (χ4n) is 1.86. The Kier molecular flexibility index (Phi) is 4.39. The van der Waals surface area contributed by atoms with Crippen LogP contribution in [0.2, 0.25) is 0 Å². The van der Waals surface area contributed by atoms with Crippen molar-refractivity contribution in [2.75, 3.05) is 26.3 Å². The van der Waals surface area contributed by atoms with Gasteiger partial charge in [-0.3, -0.25) is 4.90 Å². The summed E-state index contributed by atoms with van der Waals surface area (Å²) in [4.78, 5) is 2.25. The molecular weight excluding hydrogens is 221 g/mol. The van der Waals surface area contributed by atoms with E-state index < -0.39 is 7.32 Å². The molecule has 1 fully saturated rings. The van der Waals surface area contributed by atoms with Crippen molar-refractivity contribution in [1.29, 1.82) is 0 Å². The Labute approximate surface area is 101 Å². The summed E-state index contributed by atoms with van der Waals surface area (Å²) in [5, 5.41) is 17.7. The third-order valence-corrected chi connectivity index (χ3v) is 2.70. The van der Waals surface area contributed by atoms with E-state index in [0.717, 1.165) is 38.4 Å². The lowest BCUT2D eigenvalue weighted by atomic mass is 10.1. The molecule has 2 rings (SSSR count). The molecular formula is C11H16BNO4. The van der Waals surface area contributed by atoms with E-state index in [4.69, 9.17) is 19.4 Å². The summed E-state index contributed by atoms with van der Waals surface area (Å²) in [5.74, 6) is 0.508. The maximum Gasteiger partial charge on any atom is 0.707 e. The molecule has 92 valence electrons. The molecule has 17 heavy (non-hydrogen) atoms. The number of nitrogens with zero attached hydrogens (tertiary/aromatic N) is 1. The molecule has 0 amide bonds. The molecule has 5 nitrogen and oxygen atoms in total. The molecule has 0 unspecified atom stereocenters. The number of para-hydroxylation sites is 1. The van der Waals surface area contributed by atoms with Crippen LogP contribution < -0.4 is 4.65 Å². The average Bonchev–Trinajstić information content (AvgIpc) is 2.32. The fraction of sp³-hybridized carbons (Fsp3) is 0.455. The van der Waals surface area contributed by atoms with Crippen molar-refractivity contribution in [3.05, 3.63) is 29.8 Å². The minimum Gasteiger partial charge on any atom is -0.512 e. The van der Waals surface area contributed by atoms with E-state index in [9.17, 15) is 0 Å². The van der Waals surface area contributed by atoms with Gasteiger partial charge in [-0.05, 0) is 6.07 Å². The zero-order valence-electron chi connectivity index (χ0n) is 9.58. The largest absolute Gasteiger partial charge is 0.707 e. The highest BCUT2D eigenvalue weighted by molar-refractivity contribution is 6.33. The Balaban J connectivity index is 2.03. The van der Waals surface area contributed by atoms with Crippen LogP contribution in [0.4, 0.5) is 0 Å². The molecule has 0 aliphatic carbocycles. The standard InChI is InChI=1S/C11H16BNO4/c14-12(15)17-11-4-2-1-3-10(11)9-13-5-7-16-8-6-13/h1-4,14-15H,5-9H2. The van der Waals surface area contributed by atoms with Crippen molar-refractivity contribution in [2.24, 2.45) is 0 Å². The lowest BCUT2D eigenvalue weighted by Crippen LogP contribution is -2.35. The van der Waals surface area contributed by atoms with Gasteiger partial charge in [0.2, 0.25) is 0 Å². The van der Waals surface area contributed by atoms with Gasteiger partial charge >= 0.3 is 7.32 Å². The first-order valence-corrected chi connectivity index (χ1v) is 5.66. The van der Waals surface area contributed by atoms with E-state index in [1.54, 1.807) is 12.1 Å². The fourth-order valence-corrected chi connectivity index (χ4v) is 1.86. The van der Waals surface area contributed by atoms with Gasteiger partial charge < -0.3 is 19.4 Å². The summed E-state index contributed by atoms with van der Waals surface area (Å²) in [7, 11) is -1.78. The normalized spacial score (nSPS) is 16.8. The van der Waals surface area contributed by atoms with Crippen LogP contribution in [0, 0.1) is 0 Å². The highest BCUT2D eigenvalue weighted by Gasteiger charge is 2.16. The highest BCUT2D eigenvalue weighted by atomic mass is 16.6. The molecule has 0 saturated carbocycles. The second kappa shape index (κ2) is 6.02. The van der Waals surface area contributed by atoms with Crippen LogP contribution in [0.1, 0.15) is 5.56 Å². The van der Waals surface area contributed by atoms with Crippen LogP contribution in [0.3, 0.4) is 0 Å². The van der Waals surface area contributed by atoms with Crippen LogP contribution in [0.5, 0.6) is 5.75 Å². The van der Waals surface area contributed by atoms with Crippen LogP contribution in [0.25, 0.3) is 0 Å². The molecule has 1 aromatic rings. The minimum absolute atomic E-state index is 0.508. The van der Waals surface area contributed by atoms with Gasteiger partial charge in [0.15, 0.2) is 0 Å². The SMILES string of the molecule is OB(O)Oc1ccccc1CN1CCOCC1. The van der Waals surface area contributed by atoms with Gasteiger partial charge in [-0.15, -0.1) is 0 Å². The summed E-state index contributed by atoms with van der Waals surface area (Å²) in [6, 6.07) is 7.37. The summed E-state index contributed by atoms with van der Waals surface area (Å²) in [5.41, 5.74) is 0.947. The van der Waals surface area contributed by atoms with Crippen molar-refractivity contribution in [1.82, 2.24) is 4.90 Å². The van der Waals surface area contributed by atoms with Gasteiger partial charge in [0.1, 0.15) is 5.75 Å². The summed E-state index contributed by atoms with van der Waals surface area (Å²) in [6.45, 7) is 3.98. The Hall–Kier alpha value is -1.08. The van der Waals surface area contributed by atoms with Crippen molar-refractivity contribution in [3.63, 3.8) is 0 Å². The maximum atomic E-state index is 8.84. The monoisotopic (exact) mass is 237 g/mol. The molecule has 2 N–H and O–H groups in total. The summed E-state index contributed by atoms with van der Waals surface area (Å²) in [6.07, 6.45) is 0. The van der Waals surface area contributed by atoms with Crippen LogP contribution in [0.15, 0.2) is 24.3 Å². The number of hydrogen-bond acceptors (Lipinski definition) is 5. The van der Waals surface area contributed by atoms with E-state index in [0.29, 0.717) is 5.75 Å². The number of hydrogen-bond donors (Lipinski definition) is 2. The molecule has 0 atom stereocenters. The lowest BCUT2D eigenvalue weighted by molar-refractivity contribution is 0.0339. The highest BCUT2D eigenvalue weighted by Crippen LogP contribution is 2.20. The number of rotatable bonds is 4. The van der Waals surface area contributed by atoms with Crippen molar-refractivity contribution >= 4 is 7.32 Å². The first-order valence-electron chi connectivity index (χ1n) is 5.66. The van der Waals surface area contributed by atoms with Gasteiger partial charge in [0.25, 0.3) is 0 Å². The zero-order chi connectivity index (χ0) is 12.1. The Morgan fingerprint density at radius 2 is 1.94 bits per heavy atom. The second-order valence-corrected chi connectivity index (χ2v) is 3.94. The molecule has 0 bridgehead atoms. The first-order chi connectivity index (χ1) is 8.25. The van der Waals surface area contributed by atoms with Gasteiger partial charge in [-0.2, -0.15) is 0 Å². The number of benzene rings is 1. The molecule has 1 aliphatic rings. The Bertz CT molecular complexity index is 355. The molecule has 1 saturated heterocycles. The zero-order valence-corrected chi connectivity index (χ0v) is 9.58. The third kappa shape index (κ3) is 3.71. The molecule has 0 aromatic heterocycles. The van der Waals surface area contributed by atoms with Crippen LogP contribution >= 0.6 is 0 Å². The summed E-state index contributed by atoms with van der Waals surface area (Å²) < 4.78 is 10.2. The molecule has 1 aromatic carbocycles. The number of ether oxygens (including phenoxy) is 1. The van der Waals surface area contributed by atoms with E-state index in [1.807, 2.05) is 12.1 Å². The molecule has 0 radical (unpaired) electrons. The van der Waals surface area contributed by atoms with Gasteiger partial charge in [-0.25, -0.2) is 0 Å². The van der Waals surface area contributed by atoms with Crippen molar-refractivity contribution in [2.45, 2.75) is 6.54 Å². The van der Waals surface area contributed by atoms with Crippen LogP contribution in [-0.2, 0) is 11.3 Å².